The third kappa shape index (κ3) is 6.27. The Bertz CT molecular complexity index is 1450. The van der Waals surface area contributed by atoms with E-state index in [4.69, 9.17) is 19.2 Å². The fourth-order valence-corrected chi connectivity index (χ4v) is 5.69. The van der Waals surface area contributed by atoms with Crippen LogP contribution in [0.15, 0.2) is 36.4 Å². The minimum absolute atomic E-state index is 0.0330. The number of ether oxygens (including phenoxy) is 3. The summed E-state index contributed by atoms with van der Waals surface area (Å²) in [7, 11) is 0. The normalized spacial score (nSPS) is 28.8. The summed E-state index contributed by atoms with van der Waals surface area (Å²) >= 11 is 0. The van der Waals surface area contributed by atoms with Crippen molar-refractivity contribution in [1.82, 2.24) is 26.1 Å². The average molecular weight is 592 g/mol. The van der Waals surface area contributed by atoms with E-state index in [0.717, 1.165) is 29.3 Å². The number of carbonyl (C=O) groups is 4. The van der Waals surface area contributed by atoms with Gasteiger partial charge in [-0.3, -0.25) is 29.2 Å². The molecule has 12 nitrogen and oxygen atoms in total. The topological polar surface area (TPSA) is 148 Å². The highest BCUT2D eigenvalue weighted by Gasteiger charge is 2.47. The number of cyclic esters (lactones) is 1. The van der Waals surface area contributed by atoms with Gasteiger partial charge < -0.3 is 24.8 Å². The zero-order valence-corrected chi connectivity index (χ0v) is 24.3. The largest absolute Gasteiger partial charge is 0.451 e. The number of rotatable bonds is 1. The van der Waals surface area contributed by atoms with Crippen LogP contribution in [0.1, 0.15) is 56.8 Å². The van der Waals surface area contributed by atoms with Crippen LogP contribution in [0.2, 0.25) is 0 Å². The number of benzene rings is 1. The molecule has 4 aliphatic rings. The first kappa shape index (κ1) is 29.2. The summed E-state index contributed by atoms with van der Waals surface area (Å²) in [6, 6.07) is 7.69. The Morgan fingerprint density at radius 3 is 2.44 bits per heavy atom. The van der Waals surface area contributed by atoms with Gasteiger partial charge in [-0.05, 0) is 57.2 Å². The Morgan fingerprint density at radius 2 is 1.67 bits per heavy atom. The number of nitrogens with zero attached hydrogens (tertiary/aromatic N) is 2. The molecule has 6 rings (SSSR count). The Kier molecular flexibility index (Phi) is 8.17. The third-order valence-electron chi connectivity index (χ3n) is 8.47. The number of carbonyl (C=O) groups excluding carboxylic acids is 4. The van der Waals surface area contributed by atoms with Gasteiger partial charge in [0.1, 0.15) is 24.3 Å². The number of amides is 3. The maximum Gasteiger partial charge on any atom is 0.321 e. The Morgan fingerprint density at radius 1 is 0.930 bits per heavy atom. The van der Waals surface area contributed by atoms with Crippen molar-refractivity contribution in [3.8, 4) is 0 Å². The molecule has 1 aromatic heterocycles. The fourth-order valence-electron chi connectivity index (χ4n) is 5.69. The molecule has 4 heterocycles. The number of fused-ring (bicyclic) bond motifs is 4. The lowest BCUT2D eigenvalue weighted by Gasteiger charge is -2.35. The van der Waals surface area contributed by atoms with Crippen LogP contribution < -0.4 is 16.1 Å². The van der Waals surface area contributed by atoms with Crippen molar-refractivity contribution in [2.75, 3.05) is 26.6 Å². The zero-order valence-electron chi connectivity index (χ0n) is 24.3. The Hall–Kier alpha value is -3.87. The lowest BCUT2D eigenvalue weighted by molar-refractivity contribution is -0.191. The second kappa shape index (κ2) is 12.0. The van der Waals surface area contributed by atoms with Crippen molar-refractivity contribution in [3.05, 3.63) is 47.7 Å². The molecule has 4 atom stereocenters. The number of nitrogens with one attached hydrogen (secondary N) is 3. The Labute approximate surface area is 249 Å². The monoisotopic (exact) mass is 591 g/mol. The van der Waals surface area contributed by atoms with Gasteiger partial charge in [-0.25, -0.2) is 5.43 Å². The summed E-state index contributed by atoms with van der Waals surface area (Å²) in [6.07, 6.45) is 5.09. The second-order valence-corrected chi connectivity index (χ2v) is 11.9. The van der Waals surface area contributed by atoms with Crippen LogP contribution in [0.25, 0.3) is 17.0 Å². The highest BCUT2D eigenvalue weighted by atomic mass is 16.7. The predicted molar refractivity (Wildman–Crippen MR) is 155 cm³/mol. The van der Waals surface area contributed by atoms with E-state index in [9.17, 15) is 19.2 Å². The molecule has 3 N–H and O–H groups in total. The van der Waals surface area contributed by atoms with Crippen LogP contribution in [0.3, 0.4) is 0 Å². The van der Waals surface area contributed by atoms with Crippen molar-refractivity contribution in [2.45, 2.75) is 63.8 Å². The van der Waals surface area contributed by atoms with E-state index in [1.165, 1.54) is 5.01 Å². The first-order valence-electron chi connectivity index (χ1n) is 14.9. The summed E-state index contributed by atoms with van der Waals surface area (Å²) < 4.78 is 16.9. The number of aromatic nitrogens is 1. The van der Waals surface area contributed by atoms with E-state index in [-0.39, 0.29) is 43.8 Å². The van der Waals surface area contributed by atoms with Crippen molar-refractivity contribution in [3.63, 3.8) is 0 Å². The molecule has 1 aromatic carbocycles. The zero-order chi connectivity index (χ0) is 30.1. The minimum Gasteiger partial charge on any atom is -0.451 e. The molecule has 12 heteroatoms. The highest BCUT2D eigenvalue weighted by molar-refractivity contribution is 5.92. The molecule has 2 aromatic rings. The van der Waals surface area contributed by atoms with Crippen LogP contribution in [-0.4, -0.2) is 78.4 Å². The van der Waals surface area contributed by atoms with Crippen LogP contribution in [-0.2, 0) is 33.4 Å². The van der Waals surface area contributed by atoms with Gasteiger partial charge in [-0.1, -0.05) is 30.4 Å². The molecule has 0 radical (unpaired) electrons. The number of esters is 1. The van der Waals surface area contributed by atoms with E-state index >= 15 is 0 Å². The van der Waals surface area contributed by atoms with Gasteiger partial charge in [0.05, 0.1) is 30.5 Å². The molecule has 1 saturated carbocycles. The fraction of sp³-hybridized carbons (Fsp3) is 0.516. The smallest absolute Gasteiger partial charge is 0.321 e. The molecule has 3 fully saturated rings. The molecule has 228 valence electrons. The molecule has 2 saturated heterocycles. The summed E-state index contributed by atoms with van der Waals surface area (Å²) in [5.74, 6) is -1.92. The minimum atomic E-state index is -1.26. The highest BCUT2D eigenvalue weighted by Crippen LogP contribution is 2.37. The van der Waals surface area contributed by atoms with E-state index in [0.29, 0.717) is 25.1 Å². The van der Waals surface area contributed by atoms with Crippen molar-refractivity contribution in [1.29, 1.82) is 0 Å². The number of pyridine rings is 1. The van der Waals surface area contributed by atoms with Crippen LogP contribution in [0, 0.1) is 11.3 Å². The van der Waals surface area contributed by atoms with Crippen LogP contribution in [0.4, 0.5) is 0 Å². The SMILES string of the molecule is CC1NC(=O)C(C2CC2)OC(=O)C2(C=Cc3ccc4ccc(nc4c3)C(C)NC(=O)C3CCCN(N3)C1=O)COCOC2. The van der Waals surface area contributed by atoms with Gasteiger partial charge in [0.15, 0.2) is 6.10 Å². The van der Waals surface area contributed by atoms with Gasteiger partial charge in [0.2, 0.25) is 5.91 Å². The molecule has 3 aliphatic heterocycles. The van der Waals surface area contributed by atoms with E-state index < -0.39 is 35.5 Å². The molecule has 1 spiro atoms. The molecule has 3 amide bonds. The molecule has 5 bridgehead atoms. The summed E-state index contributed by atoms with van der Waals surface area (Å²) in [6.45, 7) is 3.96. The molecule has 1 aliphatic carbocycles. The maximum absolute atomic E-state index is 13.7. The summed E-state index contributed by atoms with van der Waals surface area (Å²) in [5.41, 5.74) is 3.99. The standard InChI is InChI=1S/C31H37N5O7/c1-18-23-10-9-21-6-5-20(14-25(21)34-23)11-12-31(15-41-17-42-16-31)30(40)43-26(22-7-8-22)28(38)33-19(2)29(39)36-13-3-4-24(35-36)27(37)32-18/h5-6,9-12,14,18-19,22,24,26,35H,3-4,7-8,13,15-17H2,1-2H3,(H,32,37)(H,33,38). The van der Waals surface area contributed by atoms with Gasteiger partial charge in [-0.15, -0.1) is 0 Å². The number of hydrazine groups is 1. The van der Waals surface area contributed by atoms with Gasteiger partial charge in [-0.2, -0.15) is 0 Å². The van der Waals surface area contributed by atoms with Gasteiger partial charge in [0.25, 0.3) is 11.8 Å². The van der Waals surface area contributed by atoms with E-state index in [1.807, 2.05) is 37.3 Å². The molecule has 4 unspecified atom stereocenters. The quantitative estimate of drug-likeness (QED) is 0.422. The molecule has 43 heavy (non-hydrogen) atoms. The number of hydrogen-bond acceptors (Lipinski definition) is 9. The van der Waals surface area contributed by atoms with Crippen molar-refractivity contribution in [2.24, 2.45) is 11.3 Å². The lowest BCUT2D eigenvalue weighted by atomic mass is 9.88. The second-order valence-electron chi connectivity index (χ2n) is 11.9. The lowest BCUT2D eigenvalue weighted by Crippen LogP contribution is -2.61. The van der Waals surface area contributed by atoms with E-state index in [2.05, 4.69) is 16.1 Å². The number of hydrogen-bond donors (Lipinski definition) is 3. The van der Waals surface area contributed by atoms with E-state index in [1.54, 1.807) is 19.1 Å². The average Bonchev–Trinajstić information content (AvgIpc) is 3.87. The van der Waals surface area contributed by atoms with Crippen molar-refractivity contribution < 1.29 is 33.4 Å². The molecular formula is C31H37N5O7. The first-order chi connectivity index (χ1) is 20.7. The third-order valence-corrected chi connectivity index (χ3v) is 8.47. The first-order valence-corrected chi connectivity index (χ1v) is 14.9. The van der Waals surface area contributed by atoms with Crippen molar-refractivity contribution >= 4 is 40.7 Å². The maximum atomic E-state index is 13.7. The summed E-state index contributed by atoms with van der Waals surface area (Å²) in [5, 5.41) is 8.06. The van der Waals surface area contributed by atoms with Crippen LogP contribution >= 0.6 is 0 Å². The predicted octanol–water partition coefficient (Wildman–Crippen LogP) is 1.75. The molecular weight excluding hydrogens is 554 g/mol. The summed E-state index contributed by atoms with van der Waals surface area (Å²) in [4.78, 5) is 58.4. The van der Waals surface area contributed by atoms with Crippen LogP contribution in [0.5, 0.6) is 0 Å². The van der Waals surface area contributed by atoms with Gasteiger partial charge in [0, 0.05) is 17.8 Å². The van der Waals surface area contributed by atoms with Gasteiger partial charge >= 0.3 is 5.97 Å². The Balaban J connectivity index is 1.36.